The van der Waals surface area contributed by atoms with E-state index < -0.39 is 34.1 Å². The first-order valence-electron chi connectivity index (χ1n) is 13.7. The van der Waals surface area contributed by atoms with Crippen LogP contribution in [0.4, 0.5) is 5.69 Å². The van der Waals surface area contributed by atoms with Gasteiger partial charge in [-0.3, -0.25) is 13.9 Å². The largest absolute Gasteiger partial charge is 0.492 e. The lowest BCUT2D eigenvalue weighted by Crippen LogP contribution is -2.56. The molecule has 0 heterocycles. The van der Waals surface area contributed by atoms with Gasteiger partial charge >= 0.3 is 0 Å². The summed E-state index contributed by atoms with van der Waals surface area (Å²) in [7, 11) is -3.90. The Balaban J connectivity index is 2.11. The average molecular weight is 580 g/mol. The number of benzene rings is 3. The van der Waals surface area contributed by atoms with Crippen LogP contribution >= 0.6 is 0 Å². The van der Waals surface area contributed by atoms with E-state index in [4.69, 9.17) is 4.74 Å². The molecule has 0 spiro atoms. The minimum absolute atomic E-state index is 0.130. The fourth-order valence-corrected chi connectivity index (χ4v) is 5.37. The van der Waals surface area contributed by atoms with Gasteiger partial charge in [0.1, 0.15) is 18.3 Å². The molecule has 0 radical (unpaired) electrons. The number of para-hydroxylation sites is 2. The van der Waals surface area contributed by atoms with Gasteiger partial charge in [-0.1, -0.05) is 66.7 Å². The molecular weight excluding hydrogens is 538 g/mol. The molecule has 1 atom stereocenters. The minimum atomic E-state index is -3.90. The second-order valence-corrected chi connectivity index (χ2v) is 13.0. The second-order valence-electron chi connectivity index (χ2n) is 11.1. The van der Waals surface area contributed by atoms with E-state index in [9.17, 15) is 18.0 Å². The highest BCUT2D eigenvalue weighted by atomic mass is 32.2. The van der Waals surface area contributed by atoms with Gasteiger partial charge in [0, 0.05) is 18.5 Å². The lowest BCUT2D eigenvalue weighted by molar-refractivity contribution is -0.140. The van der Waals surface area contributed by atoms with E-state index in [0.717, 1.165) is 27.3 Å². The van der Waals surface area contributed by atoms with Crippen molar-refractivity contribution in [3.63, 3.8) is 0 Å². The van der Waals surface area contributed by atoms with Crippen molar-refractivity contribution in [3.8, 4) is 5.75 Å². The summed E-state index contributed by atoms with van der Waals surface area (Å²) in [6, 6.07) is 23.0. The third-order valence-corrected chi connectivity index (χ3v) is 7.61. The van der Waals surface area contributed by atoms with Crippen LogP contribution in [0.2, 0.25) is 0 Å². The summed E-state index contributed by atoms with van der Waals surface area (Å²) in [5.41, 5.74) is 2.42. The lowest BCUT2D eigenvalue weighted by atomic mass is 10.00. The topological polar surface area (TPSA) is 96.0 Å². The Morgan fingerprint density at radius 3 is 2.15 bits per heavy atom. The number of carbonyl (C=O) groups is 2. The van der Waals surface area contributed by atoms with E-state index in [1.54, 1.807) is 31.2 Å². The lowest BCUT2D eigenvalue weighted by Gasteiger charge is -2.35. The number of sulfonamides is 1. The number of anilines is 1. The third-order valence-electron chi connectivity index (χ3n) is 6.48. The van der Waals surface area contributed by atoms with Gasteiger partial charge in [-0.2, -0.15) is 0 Å². The third kappa shape index (κ3) is 9.08. The molecule has 0 unspecified atom stereocenters. The van der Waals surface area contributed by atoms with Crippen LogP contribution in [0.3, 0.4) is 0 Å². The maximum absolute atomic E-state index is 14.3. The van der Waals surface area contributed by atoms with Crippen molar-refractivity contribution >= 4 is 27.5 Å². The van der Waals surface area contributed by atoms with Crippen LogP contribution in [0.1, 0.15) is 44.4 Å². The molecule has 8 nitrogen and oxygen atoms in total. The van der Waals surface area contributed by atoms with E-state index in [1.807, 2.05) is 82.3 Å². The number of rotatable bonds is 12. The van der Waals surface area contributed by atoms with Gasteiger partial charge in [0.2, 0.25) is 21.8 Å². The van der Waals surface area contributed by atoms with E-state index in [0.29, 0.717) is 12.4 Å². The molecule has 9 heteroatoms. The van der Waals surface area contributed by atoms with Crippen molar-refractivity contribution in [3.05, 3.63) is 95.6 Å². The summed E-state index contributed by atoms with van der Waals surface area (Å²) in [6.07, 6.45) is 1.32. The van der Waals surface area contributed by atoms with Crippen LogP contribution in [0.5, 0.6) is 5.75 Å². The molecule has 1 N–H and O–H groups in total. The quantitative estimate of drug-likeness (QED) is 0.335. The number of hydrogen-bond donors (Lipinski definition) is 1. The predicted octanol–water partition coefficient (Wildman–Crippen LogP) is 4.71. The van der Waals surface area contributed by atoms with Gasteiger partial charge in [-0.15, -0.1) is 0 Å². The Morgan fingerprint density at radius 1 is 0.927 bits per heavy atom. The zero-order valence-corrected chi connectivity index (χ0v) is 25.6. The van der Waals surface area contributed by atoms with Gasteiger partial charge in [-0.05, 0) is 63.4 Å². The van der Waals surface area contributed by atoms with Gasteiger partial charge in [0.05, 0.1) is 18.6 Å². The first-order chi connectivity index (χ1) is 19.3. The van der Waals surface area contributed by atoms with Crippen molar-refractivity contribution in [2.75, 3.05) is 23.7 Å². The summed E-state index contributed by atoms with van der Waals surface area (Å²) < 4.78 is 32.9. The van der Waals surface area contributed by atoms with Crippen molar-refractivity contribution in [2.45, 2.75) is 59.2 Å². The van der Waals surface area contributed by atoms with E-state index in [1.165, 1.54) is 4.90 Å². The monoisotopic (exact) mass is 579 g/mol. The van der Waals surface area contributed by atoms with Crippen LogP contribution in [0, 0.1) is 6.92 Å². The molecule has 3 aromatic carbocycles. The molecule has 0 saturated heterocycles. The molecule has 2 amide bonds. The number of aryl methyl sites for hydroxylation is 1. The molecule has 220 valence electrons. The number of ether oxygens (including phenoxy) is 1. The molecule has 41 heavy (non-hydrogen) atoms. The maximum Gasteiger partial charge on any atom is 0.244 e. The molecule has 0 aliphatic carbocycles. The smallest absolute Gasteiger partial charge is 0.244 e. The van der Waals surface area contributed by atoms with E-state index in [2.05, 4.69) is 5.32 Å². The predicted molar refractivity (Wildman–Crippen MR) is 163 cm³/mol. The molecule has 0 saturated carbocycles. The fraction of sp³-hybridized carbons (Fsp3) is 0.375. The molecule has 0 aromatic heterocycles. The molecule has 0 aliphatic rings. The second kappa shape index (κ2) is 13.7. The van der Waals surface area contributed by atoms with Gasteiger partial charge in [0.25, 0.3) is 0 Å². The molecule has 3 aromatic rings. The summed E-state index contributed by atoms with van der Waals surface area (Å²) >= 11 is 0. The van der Waals surface area contributed by atoms with Gasteiger partial charge in [0.15, 0.2) is 0 Å². The van der Waals surface area contributed by atoms with E-state index >= 15 is 0 Å². The highest BCUT2D eigenvalue weighted by molar-refractivity contribution is 7.92. The number of nitrogens with one attached hydrogen (secondary N) is 1. The standard InChI is InChI=1S/C32H41N3O5S/c1-7-40-29-20-14-13-19-27(29)35(41(6,38)39)23-30(36)34(22-26-18-12-11-15-24(26)2)28(31(37)33-32(3,4)5)21-25-16-9-8-10-17-25/h8-20,28H,7,21-23H2,1-6H3,(H,33,37)/t28-/m1/s1. The Hall–Kier alpha value is -3.85. The highest BCUT2D eigenvalue weighted by Crippen LogP contribution is 2.30. The maximum atomic E-state index is 14.3. The van der Waals surface area contributed by atoms with Crippen molar-refractivity contribution in [1.82, 2.24) is 10.2 Å². The summed E-state index contributed by atoms with van der Waals surface area (Å²) in [5, 5.41) is 3.03. The SMILES string of the molecule is CCOc1ccccc1N(CC(=O)N(Cc1ccccc1C)[C@H](Cc1ccccc1)C(=O)NC(C)(C)C)S(C)(=O)=O. The van der Waals surface area contributed by atoms with E-state index in [-0.39, 0.29) is 24.6 Å². The average Bonchev–Trinajstić information content (AvgIpc) is 2.90. The molecule has 3 rings (SSSR count). The molecule has 0 aliphatic heterocycles. The number of carbonyl (C=O) groups excluding carboxylic acids is 2. The zero-order valence-electron chi connectivity index (χ0n) is 24.8. The normalized spacial score (nSPS) is 12.3. The minimum Gasteiger partial charge on any atom is -0.492 e. The summed E-state index contributed by atoms with van der Waals surface area (Å²) in [6.45, 7) is 9.36. The summed E-state index contributed by atoms with van der Waals surface area (Å²) in [4.78, 5) is 29.6. The number of hydrogen-bond acceptors (Lipinski definition) is 5. The first-order valence-corrected chi connectivity index (χ1v) is 15.5. The van der Waals surface area contributed by atoms with Crippen LogP contribution in [-0.2, 0) is 32.6 Å². The number of nitrogens with zero attached hydrogens (tertiary/aromatic N) is 2. The molecule has 0 fully saturated rings. The van der Waals surface area contributed by atoms with Gasteiger partial charge < -0.3 is 15.0 Å². The highest BCUT2D eigenvalue weighted by Gasteiger charge is 2.35. The zero-order chi connectivity index (χ0) is 30.2. The van der Waals surface area contributed by atoms with Crippen LogP contribution in [-0.4, -0.2) is 56.1 Å². The van der Waals surface area contributed by atoms with Crippen molar-refractivity contribution < 1.29 is 22.7 Å². The number of amides is 2. The van der Waals surface area contributed by atoms with Crippen molar-refractivity contribution in [1.29, 1.82) is 0 Å². The van der Waals surface area contributed by atoms with Crippen molar-refractivity contribution in [2.24, 2.45) is 0 Å². The summed E-state index contributed by atoms with van der Waals surface area (Å²) in [5.74, 6) is -0.469. The van der Waals surface area contributed by atoms with Crippen LogP contribution in [0.25, 0.3) is 0 Å². The van der Waals surface area contributed by atoms with Crippen LogP contribution < -0.4 is 14.4 Å². The Morgan fingerprint density at radius 2 is 1.54 bits per heavy atom. The Labute approximate surface area is 244 Å². The Bertz CT molecular complexity index is 1430. The molecule has 0 bridgehead atoms. The first kappa shape index (κ1) is 31.7. The fourth-order valence-electron chi connectivity index (χ4n) is 4.51. The van der Waals surface area contributed by atoms with Gasteiger partial charge in [-0.25, -0.2) is 8.42 Å². The molecular formula is C32H41N3O5S. The Kier molecular flexibility index (Phi) is 10.6. The van der Waals surface area contributed by atoms with Crippen LogP contribution in [0.15, 0.2) is 78.9 Å².